The summed E-state index contributed by atoms with van der Waals surface area (Å²) in [5.74, 6) is 0.611. The number of nitriles is 1. The number of piperazine rings is 1. The Labute approximate surface area is 183 Å². The molecule has 32 heavy (non-hydrogen) atoms. The second kappa shape index (κ2) is 9.52. The SMILES string of the molecule is Cc1nn(CCOCCC(=O)N2CCN(c3ncc(C#N)cn3)CC2)c2cn[nH]c(=O)c12. The van der Waals surface area contributed by atoms with Crippen LogP contribution in [0.5, 0.6) is 0 Å². The topological polar surface area (TPSA) is 146 Å². The Morgan fingerprint density at radius 2 is 1.94 bits per heavy atom. The summed E-state index contributed by atoms with van der Waals surface area (Å²) in [6.07, 6.45) is 4.87. The van der Waals surface area contributed by atoms with Crippen molar-refractivity contribution < 1.29 is 9.53 Å². The molecule has 1 fully saturated rings. The first-order valence-corrected chi connectivity index (χ1v) is 10.3. The van der Waals surface area contributed by atoms with Crippen LogP contribution in [0.1, 0.15) is 17.7 Å². The molecule has 3 aromatic heterocycles. The van der Waals surface area contributed by atoms with Crippen molar-refractivity contribution >= 4 is 22.8 Å². The number of hydrogen-bond acceptors (Lipinski definition) is 9. The molecule has 0 aliphatic carbocycles. The molecular weight excluding hydrogens is 414 g/mol. The number of H-pyrrole nitrogens is 1. The van der Waals surface area contributed by atoms with E-state index >= 15 is 0 Å². The monoisotopic (exact) mass is 437 g/mol. The van der Waals surface area contributed by atoms with Crippen LogP contribution in [0.25, 0.3) is 10.9 Å². The molecule has 1 N–H and O–H groups in total. The van der Waals surface area contributed by atoms with Crippen LogP contribution in [0, 0.1) is 18.3 Å². The highest BCUT2D eigenvalue weighted by atomic mass is 16.5. The van der Waals surface area contributed by atoms with Gasteiger partial charge in [-0.15, -0.1) is 0 Å². The molecule has 0 atom stereocenters. The Morgan fingerprint density at radius 3 is 2.66 bits per heavy atom. The molecule has 4 rings (SSSR count). The number of aryl methyl sites for hydroxylation is 1. The summed E-state index contributed by atoms with van der Waals surface area (Å²) in [4.78, 5) is 36.6. The molecule has 3 aromatic rings. The highest BCUT2D eigenvalue weighted by Gasteiger charge is 2.22. The zero-order valence-corrected chi connectivity index (χ0v) is 17.7. The van der Waals surface area contributed by atoms with E-state index in [-0.39, 0.29) is 11.5 Å². The first-order valence-electron chi connectivity index (χ1n) is 10.3. The maximum atomic E-state index is 12.5. The zero-order chi connectivity index (χ0) is 22.5. The van der Waals surface area contributed by atoms with Gasteiger partial charge in [0.1, 0.15) is 6.07 Å². The van der Waals surface area contributed by atoms with Crippen LogP contribution in [0.2, 0.25) is 0 Å². The van der Waals surface area contributed by atoms with Crippen LogP contribution in [0.3, 0.4) is 0 Å². The third-order valence-corrected chi connectivity index (χ3v) is 5.34. The minimum absolute atomic E-state index is 0.0431. The Bertz CT molecular complexity index is 1190. The zero-order valence-electron chi connectivity index (χ0n) is 17.7. The molecule has 0 bridgehead atoms. The summed E-state index contributed by atoms with van der Waals surface area (Å²) in [5.41, 5.74) is 1.46. The number of hydrogen-bond donors (Lipinski definition) is 1. The first kappa shape index (κ1) is 21.4. The standard InChI is InChI=1S/C20H23N9O3/c1-14-18-16(13-24-25-19(18)31)29(26-14)7-9-32-8-2-17(30)27-3-5-28(6-4-27)20-22-11-15(10-21)12-23-20/h11-13H,2-9H2,1H3,(H,25,31). The molecule has 4 heterocycles. The fraction of sp³-hybridized carbons (Fsp3) is 0.450. The smallest absolute Gasteiger partial charge is 0.275 e. The molecule has 1 amide bonds. The summed E-state index contributed by atoms with van der Waals surface area (Å²) in [6.45, 7) is 5.38. The molecule has 0 aromatic carbocycles. The van der Waals surface area contributed by atoms with Crippen LogP contribution < -0.4 is 10.5 Å². The average Bonchev–Trinajstić information content (AvgIpc) is 3.15. The number of nitrogens with zero attached hydrogens (tertiary/aromatic N) is 8. The molecule has 1 aliphatic rings. The molecule has 166 valence electrons. The lowest BCUT2D eigenvalue weighted by atomic mass is 10.3. The summed E-state index contributed by atoms with van der Waals surface area (Å²) in [7, 11) is 0. The number of amides is 1. The Morgan fingerprint density at radius 1 is 1.19 bits per heavy atom. The van der Waals surface area contributed by atoms with E-state index in [1.54, 1.807) is 17.8 Å². The van der Waals surface area contributed by atoms with Crippen LogP contribution in [-0.2, 0) is 16.1 Å². The molecule has 1 saturated heterocycles. The summed E-state index contributed by atoms with van der Waals surface area (Å²) in [6, 6.07) is 2.00. The number of fused-ring (bicyclic) bond motifs is 1. The highest BCUT2D eigenvalue weighted by Crippen LogP contribution is 2.13. The first-order chi connectivity index (χ1) is 15.6. The van der Waals surface area contributed by atoms with Gasteiger partial charge >= 0.3 is 0 Å². The van der Waals surface area contributed by atoms with Crippen molar-refractivity contribution in [3.8, 4) is 6.07 Å². The van der Waals surface area contributed by atoms with Gasteiger partial charge in [-0.3, -0.25) is 14.3 Å². The van der Waals surface area contributed by atoms with Crippen LogP contribution in [-0.4, -0.2) is 80.1 Å². The van der Waals surface area contributed by atoms with Crippen molar-refractivity contribution in [2.24, 2.45) is 0 Å². The minimum atomic E-state index is -0.261. The van der Waals surface area contributed by atoms with E-state index in [4.69, 9.17) is 10.00 Å². The quantitative estimate of drug-likeness (QED) is 0.498. The van der Waals surface area contributed by atoms with Gasteiger partial charge in [-0.25, -0.2) is 15.1 Å². The minimum Gasteiger partial charge on any atom is -0.379 e. The molecule has 0 saturated carbocycles. The average molecular weight is 437 g/mol. The van der Waals surface area contributed by atoms with Crippen molar-refractivity contribution in [3.05, 3.63) is 40.2 Å². The van der Waals surface area contributed by atoms with Crippen molar-refractivity contribution in [3.63, 3.8) is 0 Å². The third kappa shape index (κ3) is 4.57. The van der Waals surface area contributed by atoms with Gasteiger partial charge in [-0.2, -0.15) is 15.5 Å². The van der Waals surface area contributed by atoms with Gasteiger partial charge in [0.25, 0.3) is 5.56 Å². The summed E-state index contributed by atoms with van der Waals surface area (Å²) >= 11 is 0. The number of rotatable bonds is 7. The normalized spacial score (nSPS) is 14.0. The van der Waals surface area contributed by atoms with Crippen molar-refractivity contribution in [2.45, 2.75) is 19.9 Å². The van der Waals surface area contributed by atoms with Crippen molar-refractivity contribution in [1.29, 1.82) is 5.26 Å². The van der Waals surface area contributed by atoms with E-state index in [9.17, 15) is 9.59 Å². The number of carbonyl (C=O) groups excluding carboxylic acids is 1. The van der Waals surface area contributed by atoms with Gasteiger partial charge in [0, 0.05) is 26.2 Å². The molecule has 0 unspecified atom stereocenters. The van der Waals surface area contributed by atoms with Gasteiger partial charge in [-0.1, -0.05) is 0 Å². The highest BCUT2D eigenvalue weighted by molar-refractivity contribution is 5.79. The number of aromatic amines is 1. The number of nitrogens with one attached hydrogen (secondary N) is 1. The van der Waals surface area contributed by atoms with E-state index < -0.39 is 0 Å². The maximum absolute atomic E-state index is 12.5. The summed E-state index contributed by atoms with van der Waals surface area (Å²) < 4.78 is 7.32. The molecular formula is C20H23N9O3. The van der Waals surface area contributed by atoms with E-state index in [1.165, 1.54) is 12.4 Å². The summed E-state index contributed by atoms with van der Waals surface area (Å²) in [5, 5.41) is 20.0. The van der Waals surface area contributed by atoms with Crippen LogP contribution in [0.4, 0.5) is 5.95 Å². The molecule has 1 aliphatic heterocycles. The predicted molar refractivity (Wildman–Crippen MR) is 114 cm³/mol. The Balaban J connectivity index is 1.19. The van der Waals surface area contributed by atoms with Gasteiger partial charge in [0.05, 0.1) is 66.9 Å². The predicted octanol–water partition coefficient (Wildman–Crippen LogP) is -0.155. The van der Waals surface area contributed by atoms with E-state index in [0.29, 0.717) is 80.5 Å². The molecule has 12 heteroatoms. The van der Waals surface area contributed by atoms with Crippen molar-refractivity contribution in [2.75, 3.05) is 44.3 Å². The Kier molecular flexibility index (Phi) is 6.37. The second-order valence-electron chi connectivity index (χ2n) is 7.38. The van der Waals surface area contributed by atoms with Gasteiger partial charge in [0.15, 0.2) is 0 Å². The Hall–Kier alpha value is -3.85. The fourth-order valence-electron chi connectivity index (χ4n) is 3.66. The van der Waals surface area contributed by atoms with Crippen LogP contribution in [0.15, 0.2) is 23.4 Å². The van der Waals surface area contributed by atoms with Gasteiger partial charge in [0.2, 0.25) is 11.9 Å². The molecule has 0 spiro atoms. The molecule has 12 nitrogen and oxygen atoms in total. The maximum Gasteiger partial charge on any atom is 0.275 e. The van der Waals surface area contributed by atoms with E-state index in [0.717, 1.165) is 0 Å². The van der Waals surface area contributed by atoms with Crippen molar-refractivity contribution in [1.82, 2.24) is 34.8 Å². The number of ether oxygens (including phenoxy) is 1. The second-order valence-corrected chi connectivity index (χ2v) is 7.38. The lowest BCUT2D eigenvalue weighted by molar-refractivity contribution is -0.132. The van der Waals surface area contributed by atoms with Gasteiger partial charge in [-0.05, 0) is 6.92 Å². The number of carbonyl (C=O) groups is 1. The van der Waals surface area contributed by atoms with E-state index in [2.05, 4.69) is 25.3 Å². The van der Waals surface area contributed by atoms with E-state index in [1.807, 2.05) is 15.9 Å². The largest absolute Gasteiger partial charge is 0.379 e. The molecule has 0 radical (unpaired) electrons. The fourth-order valence-corrected chi connectivity index (χ4v) is 3.66. The lowest BCUT2D eigenvalue weighted by Gasteiger charge is -2.34. The number of anilines is 1. The lowest BCUT2D eigenvalue weighted by Crippen LogP contribution is -2.49. The van der Waals surface area contributed by atoms with Gasteiger partial charge < -0.3 is 14.5 Å². The number of aromatic nitrogens is 6. The van der Waals surface area contributed by atoms with Crippen LogP contribution >= 0.6 is 0 Å². The third-order valence-electron chi connectivity index (χ3n) is 5.34.